The van der Waals surface area contributed by atoms with Gasteiger partial charge >= 0.3 is 0 Å². The lowest BCUT2D eigenvalue weighted by Gasteiger charge is -2.25. The lowest BCUT2D eigenvalue weighted by molar-refractivity contribution is 0.101. The molecule has 3 aromatic rings. The van der Waals surface area contributed by atoms with Gasteiger partial charge in [0, 0.05) is 44.2 Å². The second kappa shape index (κ2) is 8.37. The molecule has 7 nitrogen and oxygen atoms in total. The van der Waals surface area contributed by atoms with E-state index in [1.54, 1.807) is 19.3 Å². The number of para-hydroxylation sites is 1. The first-order valence-corrected chi connectivity index (χ1v) is 10.4. The molecule has 31 heavy (non-hydrogen) atoms. The number of hydrogen-bond donors (Lipinski definition) is 2. The molecular weight excluding hydrogens is 392 g/mol. The topological polar surface area (TPSA) is 79.5 Å². The number of hydrogen-bond acceptors (Lipinski definition) is 6. The number of ketones is 1. The van der Waals surface area contributed by atoms with Gasteiger partial charge in [-0.05, 0) is 18.2 Å². The van der Waals surface area contributed by atoms with Crippen LogP contribution < -0.4 is 14.8 Å². The van der Waals surface area contributed by atoms with E-state index in [1.807, 2.05) is 36.4 Å². The van der Waals surface area contributed by atoms with E-state index in [0.29, 0.717) is 22.8 Å². The number of benzene rings is 2. The average Bonchev–Trinajstić information content (AvgIpc) is 3.36. The van der Waals surface area contributed by atoms with Crippen molar-refractivity contribution in [1.29, 1.82) is 0 Å². The Labute approximate surface area is 180 Å². The maximum Gasteiger partial charge on any atom is 0.232 e. The Morgan fingerprint density at radius 2 is 2.03 bits per heavy atom. The number of aromatic nitrogens is 2. The van der Waals surface area contributed by atoms with E-state index in [9.17, 15) is 4.79 Å². The number of allylic oxidation sites excluding steroid dienone is 1. The van der Waals surface area contributed by atoms with Gasteiger partial charge in [0.2, 0.25) is 5.78 Å². The highest BCUT2D eigenvalue weighted by molar-refractivity contribution is 6.15. The minimum atomic E-state index is -0.151. The first-order chi connectivity index (χ1) is 15.2. The van der Waals surface area contributed by atoms with Crippen LogP contribution in [0.15, 0.2) is 48.2 Å². The molecule has 0 aliphatic carbocycles. The molecule has 2 aliphatic heterocycles. The monoisotopic (exact) mass is 416 g/mol. The van der Waals surface area contributed by atoms with Crippen LogP contribution in [-0.4, -0.2) is 60.7 Å². The number of fused-ring (bicyclic) bond motifs is 2. The van der Waals surface area contributed by atoms with Crippen LogP contribution >= 0.6 is 0 Å². The second-order valence-electron chi connectivity index (χ2n) is 7.61. The van der Waals surface area contributed by atoms with Crippen LogP contribution in [0.4, 0.5) is 0 Å². The molecular formula is C24H24N4O3. The summed E-state index contributed by atoms with van der Waals surface area (Å²) < 4.78 is 11.6. The van der Waals surface area contributed by atoms with E-state index in [1.165, 1.54) is 0 Å². The molecule has 1 saturated heterocycles. The molecule has 1 fully saturated rings. The number of ether oxygens (including phenoxy) is 2. The molecule has 5 rings (SSSR count). The third-order valence-electron chi connectivity index (χ3n) is 5.68. The zero-order valence-corrected chi connectivity index (χ0v) is 17.4. The largest absolute Gasteiger partial charge is 0.496 e. The first-order valence-electron chi connectivity index (χ1n) is 10.4. The molecule has 2 aliphatic rings. The summed E-state index contributed by atoms with van der Waals surface area (Å²) in [7, 11) is 1.62. The van der Waals surface area contributed by atoms with Crippen LogP contribution in [0.1, 0.15) is 21.6 Å². The standard InChI is InChI=1S/C24H24N4O3/c1-30-21-9-8-18-23(29)22(15-20-16-5-2-3-7-19(16)26-27-20)31-24(18)17(21)6-4-12-28-13-10-25-11-14-28/h2-9,15,25H,10-14H2,1H3,(H,26,27)/b6-4-,22-15-. The molecule has 0 atom stereocenters. The van der Waals surface area contributed by atoms with Crippen molar-refractivity contribution in [3.63, 3.8) is 0 Å². The summed E-state index contributed by atoms with van der Waals surface area (Å²) in [4.78, 5) is 15.4. The Morgan fingerprint density at radius 1 is 1.19 bits per heavy atom. The molecule has 7 heteroatoms. The second-order valence-corrected chi connectivity index (χ2v) is 7.61. The van der Waals surface area contributed by atoms with Gasteiger partial charge in [0.15, 0.2) is 5.76 Å². The van der Waals surface area contributed by atoms with Gasteiger partial charge in [0.25, 0.3) is 0 Å². The summed E-state index contributed by atoms with van der Waals surface area (Å²) in [6.45, 7) is 4.89. The average molecular weight is 416 g/mol. The van der Waals surface area contributed by atoms with E-state index in [0.717, 1.165) is 49.2 Å². The Balaban J connectivity index is 1.45. The van der Waals surface area contributed by atoms with Crippen LogP contribution in [0.3, 0.4) is 0 Å². The number of nitrogens with one attached hydrogen (secondary N) is 2. The third kappa shape index (κ3) is 3.73. The van der Waals surface area contributed by atoms with Crippen molar-refractivity contribution >= 4 is 28.8 Å². The van der Waals surface area contributed by atoms with E-state index in [4.69, 9.17) is 9.47 Å². The molecule has 2 N–H and O–H groups in total. The maximum absolute atomic E-state index is 13.0. The fraction of sp³-hybridized carbons (Fsp3) is 0.250. The van der Waals surface area contributed by atoms with E-state index >= 15 is 0 Å². The molecule has 2 aromatic carbocycles. The number of Topliss-reactive ketones (excluding diaryl/α,β-unsaturated/α-hetero) is 1. The van der Waals surface area contributed by atoms with Crippen LogP contribution in [0.2, 0.25) is 0 Å². The molecule has 3 heterocycles. The Bertz CT molecular complexity index is 1190. The predicted molar refractivity (Wildman–Crippen MR) is 120 cm³/mol. The van der Waals surface area contributed by atoms with Crippen LogP contribution in [0.5, 0.6) is 11.5 Å². The summed E-state index contributed by atoms with van der Waals surface area (Å²) >= 11 is 0. The molecule has 0 bridgehead atoms. The van der Waals surface area contributed by atoms with Crippen molar-refractivity contribution in [1.82, 2.24) is 20.4 Å². The molecule has 158 valence electrons. The molecule has 1 aromatic heterocycles. The summed E-state index contributed by atoms with van der Waals surface area (Å²) in [5.74, 6) is 1.32. The van der Waals surface area contributed by atoms with Gasteiger partial charge in [-0.3, -0.25) is 14.8 Å². The highest BCUT2D eigenvalue weighted by Gasteiger charge is 2.31. The minimum Gasteiger partial charge on any atom is -0.496 e. The van der Waals surface area contributed by atoms with E-state index in [-0.39, 0.29) is 11.5 Å². The lowest BCUT2D eigenvalue weighted by Crippen LogP contribution is -2.43. The normalized spacial score (nSPS) is 18.1. The number of H-pyrrole nitrogens is 1. The highest BCUT2D eigenvalue weighted by atomic mass is 16.5. The summed E-state index contributed by atoms with van der Waals surface area (Å²) in [6.07, 6.45) is 5.78. The number of carbonyl (C=O) groups is 1. The molecule has 0 spiro atoms. The molecule has 0 amide bonds. The summed E-state index contributed by atoms with van der Waals surface area (Å²) in [6, 6.07) is 11.4. The molecule has 0 unspecified atom stereocenters. The van der Waals surface area contributed by atoms with E-state index in [2.05, 4.69) is 26.5 Å². The number of aromatic amines is 1. The fourth-order valence-electron chi connectivity index (χ4n) is 4.02. The number of piperazine rings is 1. The van der Waals surface area contributed by atoms with Gasteiger partial charge in [0.1, 0.15) is 11.5 Å². The smallest absolute Gasteiger partial charge is 0.232 e. The Kier molecular flexibility index (Phi) is 5.28. The quantitative estimate of drug-likeness (QED) is 0.623. The zero-order chi connectivity index (χ0) is 21.2. The highest BCUT2D eigenvalue weighted by Crippen LogP contribution is 2.40. The zero-order valence-electron chi connectivity index (χ0n) is 17.4. The van der Waals surface area contributed by atoms with Crippen molar-refractivity contribution in [2.45, 2.75) is 0 Å². The van der Waals surface area contributed by atoms with Crippen LogP contribution in [0.25, 0.3) is 23.1 Å². The SMILES string of the molecule is COc1ccc2c(c1/C=C\CN1CCNCC1)O/C(=C\c1n[nH]c3ccccc13)C2=O. The van der Waals surface area contributed by atoms with Crippen molar-refractivity contribution in [2.75, 3.05) is 39.8 Å². The third-order valence-corrected chi connectivity index (χ3v) is 5.68. The minimum absolute atomic E-state index is 0.151. The van der Waals surface area contributed by atoms with Gasteiger partial charge in [0.05, 0.1) is 29.4 Å². The Hall–Kier alpha value is -3.42. The molecule has 0 radical (unpaired) electrons. The van der Waals surface area contributed by atoms with Gasteiger partial charge in [-0.15, -0.1) is 0 Å². The van der Waals surface area contributed by atoms with E-state index < -0.39 is 0 Å². The summed E-state index contributed by atoms with van der Waals surface area (Å²) in [5.41, 5.74) is 2.90. The first kappa shape index (κ1) is 19.5. The van der Waals surface area contributed by atoms with Crippen molar-refractivity contribution < 1.29 is 14.3 Å². The predicted octanol–water partition coefficient (Wildman–Crippen LogP) is 3.11. The van der Waals surface area contributed by atoms with Crippen molar-refractivity contribution in [2.24, 2.45) is 0 Å². The van der Waals surface area contributed by atoms with Gasteiger partial charge in [-0.2, -0.15) is 5.10 Å². The fourth-order valence-corrected chi connectivity index (χ4v) is 4.02. The van der Waals surface area contributed by atoms with Gasteiger partial charge in [-0.1, -0.05) is 30.4 Å². The van der Waals surface area contributed by atoms with Crippen LogP contribution in [0, 0.1) is 0 Å². The van der Waals surface area contributed by atoms with Gasteiger partial charge in [-0.25, -0.2) is 0 Å². The Morgan fingerprint density at radius 3 is 2.87 bits per heavy atom. The van der Waals surface area contributed by atoms with Crippen molar-refractivity contribution in [3.8, 4) is 11.5 Å². The number of methoxy groups -OCH3 is 1. The molecule has 0 saturated carbocycles. The maximum atomic E-state index is 13.0. The van der Waals surface area contributed by atoms with Crippen molar-refractivity contribution in [3.05, 3.63) is 65.1 Å². The van der Waals surface area contributed by atoms with Gasteiger partial charge < -0.3 is 14.8 Å². The summed E-state index contributed by atoms with van der Waals surface area (Å²) in [5, 5.41) is 11.6. The van der Waals surface area contributed by atoms with Crippen LogP contribution in [-0.2, 0) is 0 Å². The number of nitrogens with zero attached hydrogens (tertiary/aromatic N) is 2. The number of rotatable bonds is 5. The lowest BCUT2D eigenvalue weighted by atomic mass is 10.0. The number of carbonyl (C=O) groups excluding carboxylic acids is 1.